The Morgan fingerprint density at radius 1 is 0.868 bits per heavy atom. The molecular formula is C33H35BrN2O2. The van der Waals surface area contributed by atoms with Crippen LogP contribution in [0.4, 0.5) is 0 Å². The number of halogens is 1. The molecular weight excluding hydrogens is 536 g/mol. The van der Waals surface area contributed by atoms with Crippen LogP contribution in [0, 0.1) is 0 Å². The van der Waals surface area contributed by atoms with Crippen molar-refractivity contribution < 1.29 is 9.59 Å². The van der Waals surface area contributed by atoms with Crippen molar-refractivity contribution in [3.8, 4) is 0 Å². The van der Waals surface area contributed by atoms with Crippen LogP contribution in [0.15, 0.2) is 102 Å². The number of benzene rings is 4. The number of nitrogens with zero attached hydrogens (tertiary/aromatic N) is 1. The van der Waals surface area contributed by atoms with Crippen LogP contribution in [-0.4, -0.2) is 28.8 Å². The number of rotatable bonds is 11. The molecule has 4 aromatic rings. The number of hydrogen-bond acceptors (Lipinski definition) is 2. The number of aryl methyl sites for hydroxylation is 1. The normalized spacial score (nSPS) is 12.6. The predicted octanol–water partition coefficient (Wildman–Crippen LogP) is 7.09. The van der Waals surface area contributed by atoms with E-state index in [1.54, 1.807) is 4.90 Å². The first kappa shape index (κ1) is 27.6. The third kappa shape index (κ3) is 7.32. The highest BCUT2D eigenvalue weighted by Crippen LogP contribution is 2.22. The molecule has 0 heterocycles. The van der Waals surface area contributed by atoms with E-state index in [2.05, 4.69) is 45.5 Å². The average Bonchev–Trinajstić information content (AvgIpc) is 2.94. The number of hydrogen-bond donors (Lipinski definition) is 1. The zero-order chi connectivity index (χ0) is 26.9. The predicted molar refractivity (Wildman–Crippen MR) is 159 cm³/mol. The molecule has 196 valence electrons. The molecule has 0 radical (unpaired) electrons. The Morgan fingerprint density at radius 3 is 2.32 bits per heavy atom. The molecule has 0 aliphatic heterocycles. The fraction of sp³-hybridized carbons (Fsp3) is 0.273. The minimum absolute atomic E-state index is 0.0271. The molecule has 4 rings (SSSR count). The zero-order valence-electron chi connectivity index (χ0n) is 22.1. The summed E-state index contributed by atoms with van der Waals surface area (Å²) in [5.74, 6) is -0.144. The molecule has 5 heteroatoms. The summed E-state index contributed by atoms with van der Waals surface area (Å²) in [6, 6.07) is 31.8. The fourth-order valence-corrected chi connectivity index (χ4v) is 5.17. The Labute approximate surface area is 234 Å². The maximum Gasteiger partial charge on any atom is 0.243 e. The van der Waals surface area contributed by atoms with Crippen LogP contribution in [0.2, 0.25) is 0 Å². The standard InChI is InChI=1S/C33H35BrN2O2/c1-3-24(2)35-33(38)31(22-25-11-5-4-6-12-25)36(23-26-13-9-17-29(34)21-26)32(37)20-19-28-16-10-15-27-14-7-8-18-30(27)28/h4-18,21,24,31H,3,19-20,22-23H2,1-2H3,(H,35,38)/t24-,31+/m1/s1. The smallest absolute Gasteiger partial charge is 0.243 e. The Hall–Kier alpha value is -3.44. The molecule has 38 heavy (non-hydrogen) atoms. The lowest BCUT2D eigenvalue weighted by Gasteiger charge is -2.32. The third-order valence-corrected chi connectivity index (χ3v) is 7.50. The van der Waals surface area contributed by atoms with Crippen LogP contribution in [0.25, 0.3) is 10.8 Å². The van der Waals surface area contributed by atoms with Gasteiger partial charge in [-0.05, 0) is 59.4 Å². The van der Waals surface area contributed by atoms with E-state index in [-0.39, 0.29) is 17.9 Å². The highest BCUT2D eigenvalue weighted by Gasteiger charge is 2.30. The second kappa shape index (κ2) is 13.4. The van der Waals surface area contributed by atoms with Gasteiger partial charge in [-0.3, -0.25) is 9.59 Å². The molecule has 0 aliphatic rings. The summed E-state index contributed by atoms with van der Waals surface area (Å²) in [4.78, 5) is 29.4. The Balaban J connectivity index is 1.65. The van der Waals surface area contributed by atoms with Gasteiger partial charge in [-0.2, -0.15) is 0 Å². The average molecular weight is 572 g/mol. The van der Waals surface area contributed by atoms with Gasteiger partial charge in [-0.1, -0.05) is 108 Å². The van der Waals surface area contributed by atoms with Gasteiger partial charge in [0.25, 0.3) is 0 Å². The van der Waals surface area contributed by atoms with E-state index < -0.39 is 6.04 Å². The first-order valence-electron chi connectivity index (χ1n) is 13.3. The van der Waals surface area contributed by atoms with Gasteiger partial charge >= 0.3 is 0 Å². The Bertz CT molecular complexity index is 1370. The molecule has 0 bridgehead atoms. The molecule has 0 saturated carbocycles. The summed E-state index contributed by atoms with van der Waals surface area (Å²) in [5, 5.41) is 5.47. The van der Waals surface area contributed by atoms with Crippen molar-refractivity contribution in [1.82, 2.24) is 10.2 Å². The fourth-order valence-electron chi connectivity index (χ4n) is 4.72. The molecule has 0 aromatic heterocycles. The summed E-state index contributed by atoms with van der Waals surface area (Å²) >= 11 is 3.55. The maximum atomic E-state index is 14.0. The van der Waals surface area contributed by atoms with Crippen LogP contribution in [0.1, 0.15) is 43.4 Å². The van der Waals surface area contributed by atoms with Gasteiger partial charge in [0, 0.05) is 29.9 Å². The quantitative estimate of drug-likeness (QED) is 0.209. The second-order valence-corrected chi connectivity index (χ2v) is 10.7. The highest BCUT2D eigenvalue weighted by molar-refractivity contribution is 9.10. The minimum atomic E-state index is -0.620. The van der Waals surface area contributed by atoms with Crippen molar-refractivity contribution in [2.24, 2.45) is 0 Å². The molecule has 0 aliphatic carbocycles. The molecule has 2 atom stereocenters. The summed E-state index contributed by atoms with van der Waals surface area (Å²) in [5.41, 5.74) is 3.15. The van der Waals surface area contributed by atoms with Crippen molar-refractivity contribution in [2.75, 3.05) is 0 Å². The molecule has 0 unspecified atom stereocenters. The van der Waals surface area contributed by atoms with Crippen molar-refractivity contribution in [2.45, 2.75) is 58.2 Å². The van der Waals surface area contributed by atoms with Gasteiger partial charge in [0.2, 0.25) is 11.8 Å². The summed E-state index contributed by atoms with van der Waals surface area (Å²) in [7, 11) is 0. The van der Waals surface area contributed by atoms with Crippen LogP contribution in [0.5, 0.6) is 0 Å². The minimum Gasteiger partial charge on any atom is -0.352 e. The molecule has 0 fully saturated rings. The first-order valence-corrected chi connectivity index (χ1v) is 14.1. The Kier molecular flexibility index (Phi) is 9.72. The summed E-state index contributed by atoms with van der Waals surface area (Å²) in [6.45, 7) is 4.41. The lowest BCUT2D eigenvalue weighted by Crippen LogP contribution is -2.52. The van der Waals surface area contributed by atoms with Crippen LogP contribution < -0.4 is 5.32 Å². The highest BCUT2D eigenvalue weighted by atomic mass is 79.9. The van der Waals surface area contributed by atoms with E-state index in [4.69, 9.17) is 0 Å². The number of fused-ring (bicyclic) bond motifs is 1. The lowest BCUT2D eigenvalue weighted by molar-refractivity contribution is -0.141. The van der Waals surface area contributed by atoms with E-state index >= 15 is 0 Å². The number of nitrogens with one attached hydrogen (secondary N) is 1. The monoisotopic (exact) mass is 570 g/mol. The van der Waals surface area contributed by atoms with Gasteiger partial charge < -0.3 is 10.2 Å². The van der Waals surface area contributed by atoms with Crippen molar-refractivity contribution >= 4 is 38.5 Å². The number of amides is 2. The SMILES string of the molecule is CC[C@@H](C)NC(=O)[C@H](Cc1ccccc1)N(Cc1cccc(Br)c1)C(=O)CCc1cccc2ccccc12. The van der Waals surface area contributed by atoms with E-state index in [0.717, 1.165) is 33.0 Å². The number of carbonyl (C=O) groups is 2. The molecule has 4 aromatic carbocycles. The van der Waals surface area contributed by atoms with E-state index in [9.17, 15) is 9.59 Å². The van der Waals surface area contributed by atoms with Crippen molar-refractivity contribution in [3.63, 3.8) is 0 Å². The van der Waals surface area contributed by atoms with Crippen molar-refractivity contribution in [3.05, 3.63) is 118 Å². The van der Waals surface area contributed by atoms with Gasteiger partial charge in [-0.15, -0.1) is 0 Å². The van der Waals surface area contributed by atoms with E-state index in [1.807, 2.05) is 86.6 Å². The molecule has 4 nitrogen and oxygen atoms in total. The maximum absolute atomic E-state index is 14.0. The molecule has 0 spiro atoms. The largest absolute Gasteiger partial charge is 0.352 e. The lowest BCUT2D eigenvalue weighted by atomic mass is 9.99. The third-order valence-electron chi connectivity index (χ3n) is 7.00. The molecule has 1 N–H and O–H groups in total. The first-order chi connectivity index (χ1) is 18.4. The van der Waals surface area contributed by atoms with Gasteiger partial charge in [-0.25, -0.2) is 0 Å². The Morgan fingerprint density at radius 2 is 1.55 bits per heavy atom. The van der Waals surface area contributed by atoms with Gasteiger partial charge in [0.15, 0.2) is 0 Å². The van der Waals surface area contributed by atoms with Gasteiger partial charge in [0.05, 0.1) is 0 Å². The van der Waals surface area contributed by atoms with Crippen LogP contribution >= 0.6 is 15.9 Å². The second-order valence-electron chi connectivity index (χ2n) is 9.81. The van der Waals surface area contributed by atoms with Crippen LogP contribution in [0.3, 0.4) is 0 Å². The van der Waals surface area contributed by atoms with Gasteiger partial charge in [0.1, 0.15) is 6.04 Å². The summed E-state index contributed by atoms with van der Waals surface area (Å²) in [6.07, 6.45) is 2.21. The van der Waals surface area contributed by atoms with Crippen molar-refractivity contribution in [1.29, 1.82) is 0 Å². The topological polar surface area (TPSA) is 49.4 Å². The van der Waals surface area contributed by atoms with E-state index in [0.29, 0.717) is 25.8 Å². The van der Waals surface area contributed by atoms with E-state index in [1.165, 1.54) is 5.39 Å². The van der Waals surface area contributed by atoms with Crippen LogP contribution in [-0.2, 0) is 29.0 Å². The summed E-state index contributed by atoms with van der Waals surface area (Å²) < 4.78 is 0.946. The zero-order valence-corrected chi connectivity index (χ0v) is 23.7. The molecule has 0 saturated heterocycles. The number of carbonyl (C=O) groups excluding carboxylic acids is 2. The molecule has 2 amide bonds.